The normalized spacial score (nSPS) is 11.8. The Hall–Kier alpha value is -4.85. The third-order valence-electron chi connectivity index (χ3n) is 6.42. The smallest absolute Gasteiger partial charge is 0.159 e. The highest BCUT2D eigenvalue weighted by atomic mass is 19.1. The molecule has 0 saturated carbocycles. The summed E-state index contributed by atoms with van der Waals surface area (Å²) in [6.07, 6.45) is 6.19. The van der Waals surface area contributed by atoms with Crippen LogP contribution in [0, 0.1) is 11.2 Å². The van der Waals surface area contributed by atoms with Gasteiger partial charge >= 0.3 is 0 Å². The van der Waals surface area contributed by atoms with Crippen molar-refractivity contribution in [3.05, 3.63) is 91.3 Å². The van der Waals surface area contributed by atoms with Crippen LogP contribution in [0.15, 0.2) is 85.5 Å². The van der Waals surface area contributed by atoms with Gasteiger partial charge in [0.1, 0.15) is 17.0 Å². The number of hydrogen-bond acceptors (Lipinski definition) is 5. The van der Waals surface area contributed by atoms with Gasteiger partial charge in [0.2, 0.25) is 0 Å². The molecule has 7 nitrogen and oxygen atoms in total. The molecule has 0 amide bonds. The van der Waals surface area contributed by atoms with Crippen molar-refractivity contribution in [1.29, 1.82) is 0 Å². The predicted octanol–water partition coefficient (Wildman–Crippen LogP) is 7.73. The number of aromatic nitrogens is 6. The third-order valence-corrected chi connectivity index (χ3v) is 6.42. The Balaban J connectivity index is 1.37. The Morgan fingerprint density at radius 3 is 2.64 bits per heavy atom. The van der Waals surface area contributed by atoms with E-state index < -0.39 is 0 Å². The van der Waals surface area contributed by atoms with Crippen molar-refractivity contribution in [2.24, 2.45) is 5.41 Å². The van der Waals surface area contributed by atoms with Crippen molar-refractivity contribution in [2.75, 3.05) is 5.32 Å². The van der Waals surface area contributed by atoms with E-state index in [0.717, 1.165) is 45.4 Å². The molecular formula is C31H28FN7. The zero-order chi connectivity index (χ0) is 27.1. The first kappa shape index (κ1) is 24.5. The summed E-state index contributed by atoms with van der Waals surface area (Å²) in [6.45, 7) is 10.7. The molecule has 8 heteroatoms. The Bertz CT molecular complexity index is 1840. The minimum absolute atomic E-state index is 0.141. The van der Waals surface area contributed by atoms with Crippen molar-refractivity contribution >= 4 is 27.6 Å². The van der Waals surface area contributed by atoms with Gasteiger partial charge in [0.25, 0.3) is 0 Å². The summed E-state index contributed by atoms with van der Waals surface area (Å²) in [4.78, 5) is 17.1. The molecule has 2 aromatic carbocycles. The predicted molar refractivity (Wildman–Crippen MR) is 154 cm³/mol. The van der Waals surface area contributed by atoms with Crippen LogP contribution in [0.25, 0.3) is 55.8 Å². The molecule has 0 unspecified atom stereocenters. The van der Waals surface area contributed by atoms with Crippen LogP contribution in [0.5, 0.6) is 0 Å². The van der Waals surface area contributed by atoms with Gasteiger partial charge in [0.15, 0.2) is 5.82 Å². The first-order valence-corrected chi connectivity index (χ1v) is 12.7. The molecular weight excluding hydrogens is 489 g/mol. The van der Waals surface area contributed by atoms with Crippen LogP contribution >= 0.6 is 0 Å². The molecule has 0 bridgehead atoms. The van der Waals surface area contributed by atoms with E-state index in [0.29, 0.717) is 28.3 Å². The standard InChI is InChI=1S/C31H28FN7/c1-18(15-31(2,3)4)35-23-13-21(16-33-17-23)19-8-9-25-24(14-19)28(39-38-25)30-36-26-10-11-34-27(29(26)37-30)20-6-5-7-22(32)12-20/h5-14,16-17,35H,1,15H2,2-4H3,(H,36,37)(H,38,39). The third kappa shape index (κ3) is 5.01. The van der Waals surface area contributed by atoms with Gasteiger partial charge in [0, 0.05) is 34.6 Å². The highest BCUT2D eigenvalue weighted by molar-refractivity contribution is 5.97. The lowest BCUT2D eigenvalue weighted by molar-refractivity contribution is 0.411. The maximum Gasteiger partial charge on any atom is 0.159 e. The van der Waals surface area contributed by atoms with Crippen LogP contribution in [-0.4, -0.2) is 30.1 Å². The lowest BCUT2D eigenvalue weighted by Crippen LogP contribution is -2.10. The van der Waals surface area contributed by atoms with E-state index in [1.54, 1.807) is 18.5 Å². The average Bonchev–Trinajstić information content (AvgIpc) is 3.51. The van der Waals surface area contributed by atoms with Gasteiger partial charge in [-0.05, 0) is 53.8 Å². The number of rotatable bonds is 6. The number of hydrogen-bond donors (Lipinski definition) is 3. The molecule has 39 heavy (non-hydrogen) atoms. The van der Waals surface area contributed by atoms with E-state index >= 15 is 0 Å². The number of aromatic amines is 2. The van der Waals surface area contributed by atoms with Gasteiger partial charge in [-0.25, -0.2) is 9.37 Å². The number of imidazole rings is 1. The van der Waals surface area contributed by atoms with Gasteiger partial charge in [-0.15, -0.1) is 0 Å². The number of halogens is 1. The number of anilines is 1. The summed E-state index contributed by atoms with van der Waals surface area (Å²) in [5.74, 6) is 0.284. The second-order valence-corrected chi connectivity index (χ2v) is 10.9. The quantitative estimate of drug-likeness (QED) is 0.210. The van der Waals surface area contributed by atoms with Crippen LogP contribution in [0.4, 0.5) is 10.1 Å². The summed E-state index contributed by atoms with van der Waals surface area (Å²) in [6, 6.07) is 16.4. The molecule has 0 radical (unpaired) electrons. The molecule has 0 spiro atoms. The highest BCUT2D eigenvalue weighted by Crippen LogP contribution is 2.33. The maximum absolute atomic E-state index is 13.9. The van der Waals surface area contributed by atoms with E-state index in [1.165, 1.54) is 12.1 Å². The average molecular weight is 518 g/mol. The van der Waals surface area contributed by atoms with Crippen molar-refractivity contribution < 1.29 is 4.39 Å². The zero-order valence-electron chi connectivity index (χ0n) is 22.0. The summed E-state index contributed by atoms with van der Waals surface area (Å²) in [5, 5.41) is 12.0. The summed E-state index contributed by atoms with van der Waals surface area (Å²) >= 11 is 0. The molecule has 3 N–H and O–H groups in total. The molecule has 6 aromatic rings. The van der Waals surface area contributed by atoms with E-state index in [4.69, 9.17) is 4.98 Å². The number of benzene rings is 2. The van der Waals surface area contributed by atoms with E-state index in [2.05, 4.69) is 69.9 Å². The number of fused-ring (bicyclic) bond motifs is 2. The summed E-state index contributed by atoms with van der Waals surface area (Å²) in [5.41, 5.74) is 8.26. The number of nitrogens with zero attached hydrogens (tertiary/aromatic N) is 4. The lowest BCUT2D eigenvalue weighted by atomic mass is 9.91. The molecule has 0 saturated heterocycles. The number of H-pyrrole nitrogens is 2. The fourth-order valence-corrected chi connectivity index (χ4v) is 4.82. The minimum Gasteiger partial charge on any atom is -0.358 e. The summed E-state index contributed by atoms with van der Waals surface area (Å²) < 4.78 is 13.9. The van der Waals surface area contributed by atoms with Gasteiger partial charge in [0.05, 0.1) is 28.6 Å². The Morgan fingerprint density at radius 2 is 1.82 bits per heavy atom. The zero-order valence-corrected chi connectivity index (χ0v) is 22.0. The van der Waals surface area contributed by atoms with E-state index in [1.807, 2.05) is 30.5 Å². The van der Waals surface area contributed by atoms with Crippen molar-refractivity contribution in [3.63, 3.8) is 0 Å². The molecule has 6 rings (SSSR count). The van der Waals surface area contributed by atoms with Crippen LogP contribution in [-0.2, 0) is 0 Å². The fourth-order valence-electron chi connectivity index (χ4n) is 4.82. The number of nitrogens with one attached hydrogen (secondary N) is 3. The largest absolute Gasteiger partial charge is 0.358 e. The maximum atomic E-state index is 13.9. The lowest BCUT2D eigenvalue weighted by Gasteiger charge is -2.20. The monoisotopic (exact) mass is 517 g/mol. The molecule has 194 valence electrons. The van der Waals surface area contributed by atoms with Crippen LogP contribution in [0.1, 0.15) is 27.2 Å². The Morgan fingerprint density at radius 1 is 0.949 bits per heavy atom. The first-order valence-electron chi connectivity index (χ1n) is 12.7. The number of allylic oxidation sites excluding steroid dienone is 1. The van der Waals surface area contributed by atoms with Crippen molar-refractivity contribution in [1.82, 2.24) is 30.1 Å². The van der Waals surface area contributed by atoms with Crippen molar-refractivity contribution in [3.8, 4) is 33.9 Å². The second-order valence-electron chi connectivity index (χ2n) is 10.9. The first-order chi connectivity index (χ1) is 18.7. The van der Waals surface area contributed by atoms with Gasteiger partial charge in [-0.1, -0.05) is 45.5 Å². The Labute approximate surface area is 225 Å². The Kier molecular flexibility index (Phi) is 5.95. The second kappa shape index (κ2) is 9.47. The van der Waals surface area contributed by atoms with Crippen molar-refractivity contribution in [2.45, 2.75) is 27.2 Å². The van der Waals surface area contributed by atoms with E-state index in [9.17, 15) is 4.39 Å². The molecule has 0 aliphatic rings. The van der Waals surface area contributed by atoms with Gasteiger partial charge in [-0.3, -0.25) is 15.1 Å². The number of pyridine rings is 2. The SMILES string of the molecule is C=C(CC(C)(C)C)Nc1cncc(-c2ccc3[nH]nc(-c4nc5c(-c6cccc(F)c6)nccc5[nH]4)c3c2)c1. The minimum atomic E-state index is -0.319. The molecule has 0 atom stereocenters. The van der Waals surface area contributed by atoms with Crippen LogP contribution in [0.2, 0.25) is 0 Å². The fraction of sp³-hybridized carbons (Fsp3) is 0.161. The molecule has 0 aliphatic carbocycles. The van der Waals surface area contributed by atoms with Gasteiger partial charge in [-0.2, -0.15) is 5.10 Å². The molecule has 4 aromatic heterocycles. The van der Waals surface area contributed by atoms with Crippen LogP contribution < -0.4 is 5.32 Å². The van der Waals surface area contributed by atoms with Gasteiger partial charge < -0.3 is 10.3 Å². The van der Waals surface area contributed by atoms with Crippen LogP contribution in [0.3, 0.4) is 0 Å². The topological polar surface area (TPSA) is 95.2 Å². The van der Waals surface area contributed by atoms with E-state index in [-0.39, 0.29) is 11.2 Å². The summed E-state index contributed by atoms with van der Waals surface area (Å²) in [7, 11) is 0. The molecule has 0 fully saturated rings. The molecule has 0 aliphatic heterocycles. The molecule has 4 heterocycles. The highest BCUT2D eigenvalue weighted by Gasteiger charge is 2.17.